The van der Waals surface area contributed by atoms with Gasteiger partial charge in [0.2, 0.25) is 0 Å². The van der Waals surface area contributed by atoms with E-state index in [1.165, 1.54) is 24.3 Å². The molecule has 0 saturated carbocycles. The first-order valence-electron chi connectivity index (χ1n) is 12.1. The molecule has 0 aliphatic rings. The first kappa shape index (κ1) is 28.0. The largest absolute Gasteiger partial charge is 0.396 e. The van der Waals surface area contributed by atoms with Crippen LogP contribution in [0.4, 0.5) is 11.4 Å². The number of rotatable bonds is 12. The molecule has 10 nitrogen and oxygen atoms in total. The summed E-state index contributed by atoms with van der Waals surface area (Å²) in [6, 6.07) is 19.0. The third kappa shape index (κ3) is 8.26. The van der Waals surface area contributed by atoms with E-state index < -0.39 is 11.8 Å². The lowest BCUT2D eigenvalue weighted by Crippen LogP contribution is -2.25. The smallest absolute Gasteiger partial charge is 0.255 e. The van der Waals surface area contributed by atoms with Gasteiger partial charge < -0.3 is 31.5 Å². The zero-order valence-electron chi connectivity index (χ0n) is 20.7. The fourth-order valence-corrected chi connectivity index (χ4v) is 3.42. The highest BCUT2D eigenvalue weighted by atomic mass is 16.3. The summed E-state index contributed by atoms with van der Waals surface area (Å²) in [5, 5.41) is 28.5. The standard InChI is InChI=1S/C28H30N4O6/c33-15-3-13-29-25(35)21-5-1-7-23(17-21)31-27(37)19-9-11-20(12-10-19)28(38)32-24-8-2-6-22(18-24)26(36)30-14-4-16-34/h1-2,5-12,17-18,33-34H,3-4,13-16H2,(H,29,35)(H,30,36)(H,31,37)(H,32,38). The van der Waals surface area contributed by atoms with Crippen molar-refractivity contribution in [2.24, 2.45) is 0 Å². The Bertz CT molecular complexity index is 1180. The van der Waals surface area contributed by atoms with Crippen molar-refractivity contribution < 1.29 is 29.4 Å². The predicted molar refractivity (Wildman–Crippen MR) is 143 cm³/mol. The maximum atomic E-state index is 12.7. The zero-order chi connectivity index (χ0) is 27.3. The Hall–Kier alpha value is -4.54. The van der Waals surface area contributed by atoms with Crippen molar-refractivity contribution in [1.29, 1.82) is 0 Å². The molecule has 38 heavy (non-hydrogen) atoms. The number of aliphatic hydroxyl groups is 2. The molecule has 3 aromatic carbocycles. The molecule has 4 amide bonds. The Balaban J connectivity index is 1.59. The molecule has 0 bridgehead atoms. The first-order chi connectivity index (χ1) is 18.4. The third-order valence-electron chi connectivity index (χ3n) is 5.42. The lowest BCUT2D eigenvalue weighted by Gasteiger charge is -2.10. The summed E-state index contributed by atoms with van der Waals surface area (Å²) in [5.74, 6) is -1.43. The highest BCUT2D eigenvalue weighted by molar-refractivity contribution is 6.08. The second-order valence-electron chi connectivity index (χ2n) is 8.31. The van der Waals surface area contributed by atoms with Gasteiger partial charge >= 0.3 is 0 Å². The number of amides is 4. The molecule has 3 aromatic rings. The van der Waals surface area contributed by atoms with Gasteiger partial charge in [0.25, 0.3) is 23.6 Å². The van der Waals surface area contributed by atoms with Gasteiger partial charge in [-0.05, 0) is 73.5 Å². The van der Waals surface area contributed by atoms with Crippen LogP contribution in [0.15, 0.2) is 72.8 Å². The Labute approximate surface area is 220 Å². The van der Waals surface area contributed by atoms with Crippen LogP contribution >= 0.6 is 0 Å². The molecule has 0 aliphatic carbocycles. The molecule has 0 aromatic heterocycles. The minimum Gasteiger partial charge on any atom is -0.396 e. The van der Waals surface area contributed by atoms with E-state index in [4.69, 9.17) is 10.2 Å². The van der Waals surface area contributed by atoms with Crippen molar-refractivity contribution in [3.63, 3.8) is 0 Å². The van der Waals surface area contributed by atoms with Gasteiger partial charge in [-0.15, -0.1) is 0 Å². The minimum atomic E-state index is -0.408. The Morgan fingerprint density at radius 2 is 0.921 bits per heavy atom. The quantitative estimate of drug-likeness (QED) is 0.202. The maximum Gasteiger partial charge on any atom is 0.255 e. The molecule has 0 spiro atoms. The number of nitrogens with one attached hydrogen (secondary N) is 4. The fraction of sp³-hybridized carbons (Fsp3) is 0.214. The molecule has 198 valence electrons. The Morgan fingerprint density at radius 3 is 1.29 bits per heavy atom. The number of hydrogen-bond donors (Lipinski definition) is 6. The normalized spacial score (nSPS) is 10.4. The molecule has 0 unspecified atom stereocenters. The lowest BCUT2D eigenvalue weighted by atomic mass is 10.1. The summed E-state index contributed by atoms with van der Waals surface area (Å²) in [6.45, 7) is 0.654. The summed E-state index contributed by atoms with van der Waals surface area (Å²) in [7, 11) is 0. The van der Waals surface area contributed by atoms with Crippen molar-refractivity contribution in [3.05, 3.63) is 95.1 Å². The fourth-order valence-electron chi connectivity index (χ4n) is 3.42. The topological polar surface area (TPSA) is 157 Å². The van der Waals surface area contributed by atoms with Gasteiger partial charge in [0.15, 0.2) is 0 Å². The van der Waals surface area contributed by atoms with Crippen LogP contribution < -0.4 is 21.3 Å². The third-order valence-corrected chi connectivity index (χ3v) is 5.42. The van der Waals surface area contributed by atoms with E-state index in [0.717, 1.165) is 0 Å². The van der Waals surface area contributed by atoms with Gasteiger partial charge in [-0.25, -0.2) is 0 Å². The number of anilines is 2. The number of carbonyl (C=O) groups excluding carboxylic acids is 4. The van der Waals surface area contributed by atoms with E-state index >= 15 is 0 Å². The maximum absolute atomic E-state index is 12.7. The van der Waals surface area contributed by atoms with Crippen molar-refractivity contribution >= 4 is 35.0 Å². The van der Waals surface area contributed by atoms with E-state index in [9.17, 15) is 19.2 Å². The highest BCUT2D eigenvalue weighted by Crippen LogP contribution is 2.15. The van der Waals surface area contributed by atoms with Crippen LogP contribution in [0, 0.1) is 0 Å². The van der Waals surface area contributed by atoms with Crippen LogP contribution in [-0.4, -0.2) is 60.1 Å². The monoisotopic (exact) mass is 518 g/mol. The SMILES string of the molecule is O=C(NCCCO)c1cccc(NC(=O)c2ccc(C(=O)Nc3cccc(C(=O)NCCCO)c3)cc2)c1. The molecule has 6 N–H and O–H groups in total. The van der Waals surface area contributed by atoms with Gasteiger partial charge in [0.05, 0.1) is 0 Å². The van der Waals surface area contributed by atoms with Gasteiger partial charge in [0.1, 0.15) is 0 Å². The van der Waals surface area contributed by atoms with Crippen molar-refractivity contribution in [3.8, 4) is 0 Å². The van der Waals surface area contributed by atoms with E-state index in [0.29, 0.717) is 59.6 Å². The van der Waals surface area contributed by atoms with E-state index in [1.807, 2.05) is 0 Å². The van der Waals surface area contributed by atoms with Crippen LogP contribution in [0.25, 0.3) is 0 Å². The minimum absolute atomic E-state index is 0.0184. The molecule has 0 fully saturated rings. The van der Waals surface area contributed by atoms with Crippen molar-refractivity contribution in [2.75, 3.05) is 36.9 Å². The Kier molecular flexibility index (Phi) is 10.5. The van der Waals surface area contributed by atoms with Crippen LogP contribution in [-0.2, 0) is 0 Å². The highest BCUT2D eigenvalue weighted by Gasteiger charge is 2.12. The average molecular weight is 519 g/mol. The summed E-state index contributed by atoms with van der Waals surface area (Å²) in [5.41, 5.74) is 2.26. The molecule has 0 saturated heterocycles. The van der Waals surface area contributed by atoms with Crippen molar-refractivity contribution in [2.45, 2.75) is 12.8 Å². The molecule has 0 atom stereocenters. The van der Waals surface area contributed by atoms with E-state index in [1.54, 1.807) is 48.5 Å². The number of benzene rings is 3. The van der Waals surface area contributed by atoms with Gasteiger partial charge in [0, 0.05) is 59.9 Å². The Morgan fingerprint density at radius 1 is 0.526 bits per heavy atom. The molecular formula is C28H30N4O6. The molecule has 0 radical (unpaired) electrons. The van der Waals surface area contributed by atoms with Gasteiger partial charge in [-0.3, -0.25) is 19.2 Å². The van der Waals surface area contributed by atoms with Gasteiger partial charge in [-0.2, -0.15) is 0 Å². The second-order valence-corrected chi connectivity index (χ2v) is 8.31. The molecule has 0 heterocycles. The lowest BCUT2D eigenvalue weighted by molar-refractivity contribution is 0.0942. The second kappa shape index (κ2) is 14.3. The number of aliphatic hydroxyl groups excluding tert-OH is 2. The molecule has 0 aliphatic heterocycles. The number of hydrogen-bond acceptors (Lipinski definition) is 6. The average Bonchev–Trinajstić information content (AvgIpc) is 2.93. The van der Waals surface area contributed by atoms with Gasteiger partial charge in [-0.1, -0.05) is 12.1 Å². The summed E-state index contributed by atoms with van der Waals surface area (Å²) in [6.07, 6.45) is 0.900. The number of carbonyl (C=O) groups is 4. The summed E-state index contributed by atoms with van der Waals surface area (Å²) >= 11 is 0. The molecule has 10 heteroatoms. The van der Waals surface area contributed by atoms with Crippen LogP contribution in [0.5, 0.6) is 0 Å². The van der Waals surface area contributed by atoms with Crippen LogP contribution in [0.2, 0.25) is 0 Å². The molecule has 3 rings (SSSR count). The van der Waals surface area contributed by atoms with E-state index in [2.05, 4.69) is 21.3 Å². The molecular weight excluding hydrogens is 488 g/mol. The zero-order valence-corrected chi connectivity index (χ0v) is 20.7. The van der Waals surface area contributed by atoms with E-state index in [-0.39, 0.29) is 25.0 Å². The first-order valence-corrected chi connectivity index (χ1v) is 12.1. The van der Waals surface area contributed by atoms with Crippen LogP contribution in [0.3, 0.4) is 0 Å². The van der Waals surface area contributed by atoms with Crippen LogP contribution in [0.1, 0.15) is 54.3 Å². The predicted octanol–water partition coefficient (Wildman–Crippen LogP) is 2.42. The van der Waals surface area contributed by atoms with Crippen molar-refractivity contribution in [1.82, 2.24) is 10.6 Å². The summed E-state index contributed by atoms with van der Waals surface area (Å²) < 4.78 is 0. The summed E-state index contributed by atoms with van der Waals surface area (Å²) in [4.78, 5) is 49.8.